The number of fused-ring (bicyclic) bond motifs is 1. The van der Waals surface area contributed by atoms with E-state index in [0.29, 0.717) is 13.0 Å². The van der Waals surface area contributed by atoms with E-state index in [4.69, 9.17) is 0 Å². The number of benzene rings is 1. The maximum atomic E-state index is 11.7. The highest BCUT2D eigenvalue weighted by atomic mass is 32.1. The van der Waals surface area contributed by atoms with Gasteiger partial charge in [-0.2, -0.15) is 0 Å². The number of hydrogen-bond donors (Lipinski definition) is 1. The summed E-state index contributed by atoms with van der Waals surface area (Å²) in [6.07, 6.45) is 0.540. The molecule has 0 atom stereocenters. The second-order valence-corrected chi connectivity index (χ2v) is 6.70. The Balaban J connectivity index is 1.96. The summed E-state index contributed by atoms with van der Waals surface area (Å²) in [5, 5.41) is 3.88. The van der Waals surface area contributed by atoms with Crippen LogP contribution in [0.15, 0.2) is 24.3 Å². The predicted octanol–water partition coefficient (Wildman–Crippen LogP) is 3.35. The number of para-hydroxylation sites is 1. The van der Waals surface area contributed by atoms with Gasteiger partial charge in [-0.1, -0.05) is 32.9 Å². The maximum absolute atomic E-state index is 11.7. The summed E-state index contributed by atoms with van der Waals surface area (Å²) < 4.78 is 1.16. The van der Waals surface area contributed by atoms with Crippen molar-refractivity contribution in [2.75, 3.05) is 0 Å². The van der Waals surface area contributed by atoms with Gasteiger partial charge in [-0.05, 0) is 17.5 Å². The van der Waals surface area contributed by atoms with E-state index in [9.17, 15) is 4.79 Å². The number of rotatable bonds is 3. The quantitative estimate of drug-likeness (QED) is 0.921. The van der Waals surface area contributed by atoms with Gasteiger partial charge >= 0.3 is 0 Å². The monoisotopic (exact) mass is 262 g/mol. The van der Waals surface area contributed by atoms with Gasteiger partial charge in [0.25, 0.3) is 0 Å². The second-order valence-electron chi connectivity index (χ2n) is 5.59. The summed E-state index contributed by atoms with van der Waals surface area (Å²) in [4.78, 5) is 16.2. The molecule has 0 saturated carbocycles. The minimum absolute atomic E-state index is 0.0255. The number of carbonyl (C=O) groups is 1. The molecule has 1 heterocycles. The number of nitrogens with one attached hydrogen (secondary N) is 1. The standard InChI is InChI=1S/C14H18N2OS/c1-14(2,3)8-12(17)15-9-13-16-10-6-4-5-7-11(10)18-13/h4-7H,8-9H2,1-3H3,(H,15,17). The van der Waals surface area contributed by atoms with Crippen LogP contribution in [0, 0.1) is 5.41 Å². The molecule has 0 fully saturated rings. The van der Waals surface area contributed by atoms with Crippen molar-refractivity contribution in [2.24, 2.45) is 5.41 Å². The molecule has 1 aromatic heterocycles. The first kappa shape index (κ1) is 13.0. The third kappa shape index (κ3) is 3.53. The van der Waals surface area contributed by atoms with E-state index in [0.717, 1.165) is 15.2 Å². The minimum Gasteiger partial charge on any atom is -0.350 e. The lowest BCUT2D eigenvalue weighted by atomic mass is 9.92. The predicted molar refractivity (Wildman–Crippen MR) is 75.5 cm³/mol. The van der Waals surface area contributed by atoms with Gasteiger partial charge in [0.05, 0.1) is 16.8 Å². The van der Waals surface area contributed by atoms with Crippen LogP contribution < -0.4 is 5.32 Å². The molecule has 0 spiro atoms. The molecule has 18 heavy (non-hydrogen) atoms. The molecule has 0 unspecified atom stereocenters. The molecule has 2 rings (SSSR count). The van der Waals surface area contributed by atoms with Crippen LogP contribution in [0.25, 0.3) is 10.2 Å². The lowest BCUT2D eigenvalue weighted by Crippen LogP contribution is -2.27. The van der Waals surface area contributed by atoms with E-state index >= 15 is 0 Å². The van der Waals surface area contributed by atoms with Crippen LogP contribution in [0.1, 0.15) is 32.2 Å². The Labute approximate surface area is 111 Å². The van der Waals surface area contributed by atoms with Gasteiger partial charge in [-0.25, -0.2) is 4.98 Å². The lowest BCUT2D eigenvalue weighted by molar-refractivity contribution is -0.122. The molecule has 1 amide bonds. The summed E-state index contributed by atoms with van der Waals surface area (Å²) in [7, 11) is 0. The highest BCUT2D eigenvalue weighted by molar-refractivity contribution is 7.18. The van der Waals surface area contributed by atoms with Gasteiger partial charge in [0.1, 0.15) is 5.01 Å². The van der Waals surface area contributed by atoms with Crippen LogP contribution in [-0.4, -0.2) is 10.9 Å². The first-order valence-corrected chi connectivity index (χ1v) is 6.87. The topological polar surface area (TPSA) is 42.0 Å². The summed E-state index contributed by atoms with van der Waals surface area (Å²) in [6, 6.07) is 8.02. The van der Waals surface area contributed by atoms with Gasteiger partial charge in [0.2, 0.25) is 5.91 Å². The maximum Gasteiger partial charge on any atom is 0.220 e. The zero-order chi connectivity index (χ0) is 13.2. The SMILES string of the molecule is CC(C)(C)CC(=O)NCc1nc2ccccc2s1. The minimum atomic E-state index is 0.0255. The zero-order valence-corrected chi connectivity index (χ0v) is 11.8. The molecule has 2 aromatic rings. The summed E-state index contributed by atoms with van der Waals surface area (Å²) in [5.41, 5.74) is 1.03. The Morgan fingerprint density at radius 3 is 2.72 bits per heavy atom. The Morgan fingerprint density at radius 2 is 2.06 bits per heavy atom. The molecule has 96 valence electrons. The van der Waals surface area contributed by atoms with Gasteiger partial charge in [0.15, 0.2) is 0 Å². The van der Waals surface area contributed by atoms with E-state index in [1.807, 2.05) is 24.3 Å². The fourth-order valence-electron chi connectivity index (χ4n) is 1.71. The fraction of sp³-hybridized carbons (Fsp3) is 0.429. The van der Waals surface area contributed by atoms with Crippen LogP contribution in [0.4, 0.5) is 0 Å². The van der Waals surface area contributed by atoms with Gasteiger partial charge in [-0.3, -0.25) is 4.79 Å². The molecular formula is C14H18N2OS. The molecule has 0 saturated heterocycles. The van der Waals surface area contributed by atoms with Gasteiger partial charge in [0, 0.05) is 6.42 Å². The van der Waals surface area contributed by atoms with Crippen LogP contribution in [-0.2, 0) is 11.3 Å². The summed E-state index contributed by atoms with van der Waals surface area (Å²) in [5.74, 6) is 0.0850. The van der Waals surface area contributed by atoms with E-state index < -0.39 is 0 Å². The number of amides is 1. The highest BCUT2D eigenvalue weighted by Crippen LogP contribution is 2.22. The van der Waals surface area contributed by atoms with Crippen LogP contribution in [0.3, 0.4) is 0 Å². The smallest absolute Gasteiger partial charge is 0.220 e. The molecule has 0 radical (unpaired) electrons. The normalized spacial score (nSPS) is 11.7. The molecule has 0 bridgehead atoms. The molecule has 0 aliphatic heterocycles. The molecule has 4 heteroatoms. The lowest BCUT2D eigenvalue weighted by Gasteiger charge is -2.16. The van der Waals surface area contributed by atoms with Crippen LogP contribution >= 0.6 is 11.3 Å². The number of aromatic nitrogens is 1. The van der Waals surface area contributed by atoms with E-state index in [1.54, 1.807) is 11.3 Å². The first-order valence-electron chi connectivity index (χ1n) is 6.05. The first-order chi connectivity index (χ1) is 8.44. The molecular weight excluding hydrogens is 244 g/mol. The number of nitrogens with zero attached hydrogens (tertiary/aromatic N) is 1. The van der Waals surface area contributed by atoms with Crippen molar-refractivity contribution in [3.05, 3.63) is 29.3 Å². The molecule has 0 aliphatic carbocycles. The van der Waals surface area contributed by atoms with Crippen molar-refractivity contribution in [3.63, 3.8) is 0 Å². The Kier molecular flexibility index (Phi) is 3.66. The molecule has 3 nitrogen and oxygen atoms in total. The highest BCUT2D eigenvalue weighted by Gasteiger charge is 2.15. The third-order valence-electron chi connectivity index (χ3n) is 2.47. The number of hydrogen-bond acceptors (Lipinski definition) is 3. The second kappa shape index (κ2) is 5.06. The average molecular weight is 262 g/mol. The Bertz CT molecular complexity index is 521. The average Bonchev–Trinajstić information content (AvgIpc) is 2.66. The number of carbonyl (C=O) groups excluding carboxylic acids is 1. The molecule has 0 aliphatic rings. The largest absolute Gasteiger partial charge is 0.350 e. The molecule has 1 N–H and O–H groups in total. The third-order valence-corrected chi connectivity index (χ3v) is 3.50. The van der Waals surface area contributed by atoms with Gasteiger partial charge < -0.3 is 5.32 Å². The van der Waals surface area contributed by atoms with Crippen LogP contribution in [0.2, 0.25) is 0 Å². The summed E-state index contributed by atoms with van der Waals surface area (Å²) >= 11 is 1.63. The van der Waals surface area contributed by atoms with E-state index in [1.165, 1.54) is 0 Å². The fourth-order valence-corrected chi connectivity index (χ4v) is 2.62. The van der Waals surface area contributed by atoms with Crippen molar-refractivity contribution < 1.29 is 4.79 Å². The van der Waals surface area contributed by atoms with E-state index in [2.05, 4.69) is 31.1 Å². The zero-order valence-electron chi connectivity index (χ0n) is 11.0. The van der Waals surface area contributed by atoms with Crippen molar-refractivity contribution >= 4 is 27.5 Å². The van der Waals surface area contributed by atoms with E-state index in [-0.39, 0.29) is 11.3 Å². The Hall–Kier alpha value is -1.42. The summed E-state index contributed by atoms with van der Waals surface area (Å²) in [6.45, 7) is 6.70. The van der Waals surface area contributed by atoms with Crippen molar-refractivity contribution in [1.29, 1.82) is 0 Å². The van der Waals surface area contributed by atoms with Crippen molar-refractivity contribution in [1.82, 2.24) is 10.3 Å². The Morgan fingerprint density at radius 1 is 1.33 bits per heavy atom. The van der Waals surface area contributed by atoms with Gasteiger partial charge in [-0.15, -0.1) is 11.3 Å². The molecule has 1 aromatic carbocycles. The van der Waals surface area contributed by atoms with Crippen LogP contribution in [0.5, 0.6) is 0 Å². The van der Waals surface area contributed by atoms with Crippen molar-refractivity contribution in [2.45, 2.75) is 33.7 Å². The van der Waals surface area contributed by atoms with Crippen molar-refractivity contribution in [3.8, 4) is 0 Å². The number of thiazole rings is 1.